The van der Waals surface area contributed by atoms with Crippen molar-refractivity contribution in [3.8, 4) is 0 Å². The Hall–Kier alpha value is -1.64. The number of benzene rings is 1. The zero-order chi connectivity index (χ0) is 12.7. The zero-order valence-corrected chi connectivity index (χ0v) is 10.6. The summed E-state index contributed by atoms with van der Waals surface area (Å²) in [6, 6.07) is 5.80. The highest BCUT2D eigenvalue weighted by molar-refractivity contribution is 6.00. The summed E-state index contributed by atoms with van der Waals surface area (Å²) in [5, 5.41) is 0. The second-order valence-corrected chi connectivity index (χ2v) is 5.26. The second kappa shape index (κ2) is 4.23. The number of hydrogen-bond acceptors (Lipinski definition) is 2. The predicted octanol–water partition coefficient (Wildman–Crippen LogP) is 2.58. The minimum Gasteiger partial charge on any atom is -0.312 e. The highest BCUT2D eigenvalue weighted by Crippen LogP contribution is 2.34. The number of nitrogens with zero attached hydrogens (tertiary/aromatic N) is 1. The number of rotatable bonds is 2. The summed E-state index contributed by atoms with van der Waals surface area (Å²) < 4.78 is 0. The Morgan fingerprint density at radius 2 is 2.06 bits per heavy atom. The molecule has 2 aliphatic rings. The molecule has 1 fully saturated rings. The van der Waals surface area contributed by atoms with E-state index in [0.717, 1.165) is 49.0 Å². The quantitative estimate of drug-likeness (QED) is 0.749. The Morgan fingerprint density at radius 3 is 2.72 bits per heavy atom. The number of anilines is 1. The maximum absolute atomic E-state index is 12.0. The average molecular weight is 243 g/mol. The molecule has 0 bridgehead atoms. The Kier molecular flexibility index (Phi) is 2.69. The molecule has 0 unspecified atom stereocenters. The van der Waals surface area contributed by atoms with Crippen molar-refractivity contribution in [2.75, 3.05) is 11.4 Å². The molecule has 1 aromatic carbocycles. The fourth-order valence-corrected chi connectivity index (χ4v) is 2.66. The van der Waals surface area contributed by atoms with Gasteiger partial charge in [-0.2, -0.15) is 0 Å². The van der Waals surface area contributed by atoms with E-state index in [2.05, 4.69) is 0 Å². The third kappa shape index (κ3) is 1.94. The average Bonchev–Trinajstić information content (AvgIpc) is 3.20. The van der Waals surface area contributed by atoms with Gasteiger partial charge in [-0.3, -0.25) is 9.59 Å². The van der Waals surface area contributed by atoms with Crippen molar-refractivity contribution in [1.82, 2.24) is 0 Å². The Morgan fingerprint density at radius 1 is 1.28 bits per heavy atom. The van der Waals surface area contributed by atoms with Crippen LogP contribution in [0.5, 0.6) is 0 Å². The standard InChI is InChI=1S/C15H17NO2/c1-10(17)16-8-2-3-12-9-13(6-7-14(12)16)15(18)11-4-5-11/h6-7,9,11H,2-5,8H2,1H3. The molecule has 1 aliphatic carbocycles. The van der Waals surface area contributed by atoms with Crippen LogP contribution in [0.3, 0.4) is 0 Å². The molecular weight excluding hydrogens is 226 g/mol. The van der Waals surface area contributed by atoms with Crippen molar-refractivity contribution in [1.29, 1.82) is 0 Å². The third-order valence-electron chi connectivity index (χ3n) is 3.81. The van der Waals surface area contributed by atoms with E-state index in [-0.39, 0.29) is 17.6 Å². The molecule has 0 aromatic heterocycles. The number of amides is 1. The fraction of sp³-hybridized carbons (Fsp3) is 0.467. The lowest BCUT2D eigenvalue weighted by atomic mass is 9.96. The molecule has 94 valence electrons. The van der Waals surface area contributed by atoms with E-state index in [0.29, 0.717) is 0 Å². The van der Waals surface area contributed by atoms with Crippen LogP contribution in [0.25, 0.3) is 0 Å². The fourth-order valence-electron chi connectivity index (χ4n) is 2.66. The van der Waals surface area contributed by atoms with Crippen LogP contribution >= 0.6 is 0 Å². The molecule has 18 heavy (non-hydrogen) atoms. The van der Waals surface area contributed by atoms with Gasteiger partial charge >= 0.3 is 0 Å². The summed E-state index contributed by atoms with van der Waals surface area (Å²) in [5.41, 5.74) is 2.95. The molecule has 0 N–H and O–H groups in total. The van der Waals surface area contributed by atoms with Gasteiger partial charge in [-0.1, -0.05) is 0 Å². The third-order valence-corrected chi connectivity index (χ3v) is 3.81. The van der Waals surface area contributed by atoms with Crippen molar-refractivity contribution >= 4 is 17.4 Å². The number of hydrogen-bond donors (Lipinski definition) is 0. The monoisotopic (exact) mass is 243 g/mol. The van der Waals surface area contributed by atoms with Crippen molar-refractivity contribution in [2.45, 2.75) is 32.6 Å². The van der Waals surface area contributed by atoms with E-state index < -0.39 is 0 Å². The summed E-state index contributed by atoms with van der Waals surface area (Å²) in [6.07, 6.45) is 4.02. The van der Waals surface area contributed by atoms with Crippen LogP contribution in [0, 0.1) is 5.92 Å². The van der Waals surface area contributed by atoms with Gasteiger partial charge in [-0.25, -0.2) is 0 Å². The molecule has 1 amide bonds. The SMILES string of the molecule is CC(=O)N1CCCc2cc(C(=O)C3CC3)ccc21. The first-order valence-corrected chi connectivity index (χ1v) is 6.62. The molecular formula is C15H17NO2. The van der Waals surface area contributed by atoms with E-state index >= 15 is 0 Å². The van der Waals surface area contributed by atoms with E-state index in [1.807, 2.05) is 23.1 Å². The zero-order valence-electron chi connectivity index (χ0n) is 10.6. The number of fused-ring (bicyclic) bond motifs is 1. The molecule has 0 spiro atoms. The van der Waals surface area contributed by atoms with Gasteiger partial charge in [0, 0.05) is 30.6 Å². The van der Waals surface area contributed by atoms with Gasteiger partial charge < -0.3 is 4.90 Å². The van der Waals surface area contributed by atoms with Gasteiger partial charge in [0.05, 0.1) is 0 Å². The van der Waals surface area contributed by atoms with Crippen LogP contribution < -0.4 is 4.90 Å². The summed E-state index contributed by atoms with van der Waals surface area (Å²) in [7, 11) is 0. The normalized spacial score (nSPS) is 18.4. The summed E-state index contributed by atoms with van der Waals surface area (Å²) in [5.74, 6) is 0.616. The minimum absolute atomic E-state index is 0.0808. The predicted molar refractivity (Wildman–Crippen MR) is 69.8 cm³/mol. The summed E-state index contributed by atoms with van der Waals surface area (Å²) in [6.45, 7) is 2.39. The van der Waals surface area contributed by atoms with Crippen LogP contribution in [0.1, 0.15) is 42.1 Å². The number of carbonyl (C=O) groups is 2. The topological polar surface area (TPSA) is 37.4 Å². The van der Waals surface area contributed by atoms with Crippen molar-refractivity contribution in [3.05, 3.63) is 29.3 Å². The van der Waals surface area contributed by atoms with Crippen LogP contribution in [0.2, 0.25) is 0 Å². The number of Topliss-reactive ketones (excluding diaryl/α,β-unsaturated/α-hetero) is 1. The van der Waals surface area contributed by atoms with E-state index in [1.165, 1.54) is 0 Å². The molecule has 1 aliphatic heterocycles. The summed E-state index contributed by atoms with van der Waals surface area (Å²) >= 11 is 0. The van der Waals surface area contributed by atoms with Crippen molar-refractivity contribution < 1.29 is 9.59 Å². The maximum Gasteiger partial charge on any atom is 0.223 e. The molecule has 3 heteroatoms. The Labute approximate surface area is 107 Å². The summed E-state index contributed by atoms with van der Waals surface area (Å²) in [4.78, 5) is 25.4. The lowest BCUT2D eigenvalue weighted by molar-refractivity contribution is -0.116. The lowest BCUT2D eigenvalue weighted by Gasteiger charge is -2.28. The van der Waals surface area contributed by atoms with Gasteiger partial charge in [0.2, 0.25) is 5.91 Å². The Balaban J connectivity index is 1.95. The first kappa shape index (κ1) is 11.5. The van der Waals surface area contributed by atoms with Crippen LogP contribution in [-0.2, 0) is 11.2 Å². The molecule has 1 saturated carbocycles. The molecule has 0 atom stereocenters. The van der Waals surface area contributed by atoms with Crippen molar-refractivity contribution in [2.24, 2.45) is 5.92 Å². The molecule has 1 heterocycles. The van der Waals surface area contributed by atoms with Crippen LogP contribution in [-0.4, -0.2) is 18.2 Å². The maximum atomic E-state index is 12.0. The van der Waals surface area contributed by atoms with Gasteiger partial charge in [0.15, 0.2) is 5.78 Å². The van der Waals surface area contributed by atoms with Crippen molar-refractivity contribution in [3.63, 3.8) is 0 Å². The number of carbonyl (C=O) groups excluding carboxylic acids is 2. The van der Waals surface area contributed by atoms with Gasteiger partial charge in [-0.05, 0) is 49.4 Å². The molecule has 1 aromatic rings. The van der Waals surface area contributed by atoms with E-state index in [9.17, 15) is 9.59 Å². The lowest BCUT2D eigenvalue weighted by Crippen LogP contribution is -2.33. The van der Waals surface area contributed by atoms with Gasteiger partial charge in [0.1, 0.15) is 0 Å². The molecule has 3 nitrogen and oxygen atoms in total. The van der Waals surface area contributed by atoms with Gasteiger partial charge in [0.25, 0.3) is 0 Å². The Bertz CT molecular complexity index is 517. The van der Waals surface area contributed by atoms with Crippen LogP contribution in [0.15, 0.2) is 18.2 Å². The largest absolute Gasteiger partial charge is 0.312 e. The number of aryl methyl sites for hydroxylation is 1. The molecule has 3 rings (SSSR count). The van der Waals surface area contributed by atoms with Gasteiger partial charge in [-0.15, -0.1) is 0 Å². The molecule has 0 saturated heterocycles. The van der Waals surface area contributed by atoms with Crippen LogP contribution in [0.4, 0.5) is 5.69 Å². The highest BCUT2D eigenvalue weighted by atomic mass is 16.2. The smallest absolute Gasteiger partial charge is 0.223 e. The van der Waals surface area contributed by atoms with E-state index in [4.69, 9.17) is 0 Å². The first-order valence-electron chi connectivity index (χ1n) is 6.62. The van der Waals surface area contributed by atoms with E-state index in [1.54, 1.807) is 6.92 Å². The highest BCUT2D eigenvalue weighted by Gasteiger charge is 2.31. The molecule has 0 radical (unpaired) electrons. The second-order valence-electron chi connectivity index (χ2n) is 5.26. The first-order chi connectivity index (χ1) is 8.66. The minimum atomic E-state index is 0.0808. The number of ketones is 1.